The smallest absolute Gasteiger partial charge is 0.337 e. The lowest BCUT2D eigenvalue weighted by Gasteiger charge is -2.06. The molecule has 0 unspecified atom stereocenters. The zero-order chi connectivity index (χ0) is 24.9. The van der Waals surface area contributed by atoms with Crippen molar-refractivity contribution < 1.29 is 18.7 Å². The van der Waals surface area contributed by atoms with Crippen LogP contribution in [0.3, 0.4) is 0 Å². The topological polar surface area (TPSA) is 94.3 Å². The minimum absolute atomic E-state index is 0.0381. The van der Waals surface area contributed by atoms with Crippen molar-refractivity contribution in [3.63, 3.8) is 0 Å². The van der Waals surface area contributed by atoms with E-state index in [1.54, 1.807) is 24.3 Å². The fourth-order valence-corrected chi connectivity index (χ4v) is 3.84. The van der Waals surface area contributed by atoms with Gasteiger partial charge in [0.05, 0.1) is 12.7 Å². The van der Waals surface area contributed by atoms with Gasteiger partial charge >= 0.3 is 5.97 Å². The van der Waals surface area contributed by atoms with E-state index in [1.165, 1.54) is 52.1 Å². The summed E-state index contributed by atoms with van der Waals surface area (Å²) in [5.74, 6) is 0.374. The molecule has 1 N–H and O–H groups in total. The average Bonchev–Trinajstić information content (AvgIpc) is 3.38. The Morgan fingerprint density at radius 2 is 1.29 bits per heavy atom. The Balaban J connectivity index is 1.42. The molecule has 0 saturated carbocycles. The van der Waals surface area contributed by atoms with E-state index >= 15 is 0 Å². The number of rotatable bonds is 14. The van der Waals surface area contributed by atoms with E-state index in [2.05, 4.69) is 22.4 Å². The first kappa shape index (κ1) is 26.1. The van der Waals surface area contributed by atoms with Gasteiger partial charge in [0.15, 0.2) is 0 Å². The fourth-order valence-electron chi connectivity index (χ4n) is 3.84. The van der Waals surface area contributed by atoms with Gasteiger partial charge in [-0.2, -0.15) is 0 Å². The number of unbranched alkanes of at least 4 members (excludes halogenated alkanes) is 8. The predicted molar refractivity (Wildman–Crippen MR) is 137 cm³/mol. The highest BCUT2D eigenvalue weighted by molar-refractivity contribution is 5.91. The lowest BCUT2D eigenvalue weighted by molar-refractivity contribution is -0.116. The van der Waals surface area contributed by atoms with Crippen LogP contribution >= 0.6 is 0 Å². The molecule has 0 radical (unpaired) electrons. The molecule has 3 aromatic rings. The summed E-state index contributed by atoms with van der Waals surface area (Å²) in [6, 6.07) is 14.1. The zero-order valence-electron chi connectivity index (χ0n) is 20.7. The van der Waals surface area contributed by atoms with Crippen molar-refractivity contribution >= 4 is 17.6 Å². The van der Waals surface area contributed by atoms with Crippen LogP contribution < -0.4 is 5.32 Å². The van der Waals surface area contributed by atoms with Crippen molar-refractivity contribution in [1.82, 2.24) is 10.2 Å². The summed E-state index contributed by atoms with van der Waals surface area (Å²) >= 11 is 0. The van der Waals surface area contributed by atoms with Gasteiger partial charge in [-0.05, 0) is 55.0 Å². The van der Waals surface area contributed by atoms with Crippen molar-refractivity contribution in [3.8, 4) is 22.9 Å². The molecule has 0 atom stereocenters. The highest BCUT2D eigenvalue weighted by Gasteiger charge is 2.12. The highest BCUT2D eigenvalue weighted by Crippen LogP contribution is 2.25. The van der Waals surface area contributed by atoms with Crippen molar-refractivity contribution in [1.29, 1.82) is 0 Å². The number of aromatic nitrogens is 2. The van der Waals surface area contributed by atoms with Crippen LogP contribution in [0.4, 0.5) is 5.69 Å². The molecule has 2 aromatic carbocycles. The van der Waals surface area contributed by atoms with E-state index < -0.39 is 5.97 Å². The molecule has 0 aliphatic rings. The summed E-state index contributed by atoms with van der Waals surface area (Å²) in [5, 5.41) is 11.2. The number of methoxy groups -OCH3 is 1. The Kier molecular flexibility index (Phi) is 10.5. The molecule has 0 aliphatic heterocycles. The quantitative estimate of drug-likeness (QED) is 0.197. The molecule has 186 valence electrons. The van der Waals surface area contributed by atoms with E-state index in [0.29, 0.717) is 29.3 Å². The molecular formula is C28H35N3O4. The number of nitrogens with one attached hydrogen (secondary N) is 1. The van der Waals surface area contributed by atoms with Crippen LogP contribution in [0.2, 0.25) is 0 Å². The Bertz CT molecular complexity index is 1060. The summed E-state index contributed by atoms with van der Waals surface area (Å²) in [6.45, 7) is 2.24. The summed E-state index contributed by atoms with van der Waals surface area (Å²) in [5.41, 5.74) is 2.66. The van der Waals surface area contributed by atoms with Crippen LogP contribution in [0.5, 0.6) is 0 Å². The first-order chi connectivity index (χ1) is 17.1. The van der Waals surface area contributed by atoms with Crippen molar-refractivity contribution in [2.24, 2.45) is 0 Å². The maximum atomic E-state index is 12.2. The van der Waals surface area contributed by atoms with E-state index in [-0.39, 0.29) is 5.91 Å². The number of hydrogen-bond acceptors (Lipinski definition) is 6. The maximum absolute atomic E-state index is 12.2. The summed E-state index contributed by atoms with van der Waals surface area (Å²) in [4.78, 5) is 23.8. The van der Waals surface area contributed by atoms with Gasteiger partial charge in [0.2, 0.25) is 17.7 Å². The monoisotopic (exact) mass is 477 g/mol. The summed E-state index contributed by atoms with van der Waals surface area (Å²) in [7, 11) is 1.34. The van der Waals surface area contributed by atoms with E-state index in [9.17, 15) is 9.59 Å². The second kappa shape index (κ2) is 14.0. The maximum Gasteiger partial charge on any atom is 0.337 e. The van der Waals surface area contributed by atoms with Gasteiger partial charge in [-0.25, -0.2) is 4.79 Å². The normalized spacial score (nSPS) is 10.8. The van der Waals surface area contributed by atoms with Crippen molar-refractivity contribution in [2.75, 3.05) is 12.4 Å². The third-order valence-corrected chi connectivity index (χ3v) is 5.90. The van der Waals surface area contributed by atoms with Crippen LogP contribution in [0.25, 0.3) is 22.9 Å². The second-order valence-corrected chi connectivity index (χ2v) is 8.69. The lowest BCUT2D eigenvalue weighted by Crippen LogP contribution is -2.10. The molecule has 7 nitrogen and oxygen atoms in total. The molecule has 0 fully saturated rings. The molecule has 0 aliphatic carbocycles. The molecular weight excluding hydrogens is 442 g/mol. The SMILES string of the molecule is CCCCCCCCCCCC(=O)Nc1ccc(-c2nnc(-c3ccc(C(=O)OC)cc3)o2)cc1. The minimum atomic E-state index is -0.400. The molecule has 1 amide bonds. The Labute approximate surface area is 207 Å². The van der Waals surface area contributed by atoms with E-state index in [4.69, 9.17) is 9.15 Å². The predicted octanol–water partition coefficient (Wildman–Crippen LogP) is 7.05. The Hall–Kier alpha value is -3.48. The van der Waals surface area contributed by atoms with Gasteiger partial charge in [-0.1, -0.05) is 58.3 Å². The molecule has 35 heavy (non-hydrogen) atoms. The average molecular weight is 478 g/mol. The van der Waals surface area contributed by atoms with Gasteiger partial charge in [0, 0.05) is 23.2 Å². The third-order valence-electron chi connectivity index (χ3n) is 5.90. The number of amides is 1. The number of nitrogens with zero attached hydrogens (tertiary/aromatic N) is 2. The summed E-state index contributed by atoms with van der Waals surface area (Å²) in [6.07, 6.45) is 11.6. The highest BCUT2D eigenvalue weighted by atomic mass is 16.5. The van der Waals surface area contributed by atoms with Gasteiger partial charge < -0.3 is 14.5 Å². The number of hydrogen-bond donors (Lipinski definition) is 1. The second-order valence-electron chi connectivity index (χ2n) is 8.69. The molecule has 0 bridgehead atoms. The standard InChI is InChI=1S/C28H35N3O4/c1-3-4-5-6-7-8-9-10-11-12-25(32)29-24-19-17-22(18-20-24)27-31-30-26(35-27)21-13-15-23(16-14-21)28(33)34-2/h13-20H,3-12H2,1-2H3,(H,29,32). The van der Waals surface area contributed by atoms with E-state index in [0.717, 1.165) is 24.1 Å². The van der Waals surface area contributed by atoms with Crippen LogP contribution in [0.15, 0.2) is 52.9 Å². The fraction of sp³-hybridized carbons (Fsp3) is 0.429. The molecule has 0 spiro atoms. The summed E-state index contributed by atoms with van der Waals surface area (Å²) < 4.78 is 10.5. The van der Waals surface area contributed by atoms with Crippen LogP contribution in [-0.2, 0) is 9.53 Å². The van der Waals surface area contributed by atoms with Gasteiger partial charge in [0.25, 0.3) is 0 Å². The zero-order valence-corrected chi connectivity index (χ0v) is 20.7. The number of ether oxygens (including phenoxy) is 1. The van der Waals surface area contributed by atoms with Crippen LogP contribution in [0, 0.1) is 0 Å². The van der Waals surface area contributed by atoms with E-state index in [1.807, 2.05) is 24.3 Å². The molecule has 7 heteroatoms. The number of anilines is 1. The molecule has 3 rings (SSSR count). The molecule has 1 aromatic heterocycles. The number of benzene rings is 2. The first-order valence-corrected chi connectivity index (χ1v) is 12.5. The van der Waals surface area contributed by atoms with Gasteiger partial charge in [-0.3, -0.25) is 4.79 Å². The minimum Gasteiger partial charge on any atom is -0.465 e. The molecule has 1 heterocycles. The van der Waals surface area contributed by atoms with Crippen LogP contribution in [0.1, 0.15) is 81.5 Å². The largest absolute Gasteiger partial charge is 0.465 e. The number of esters is 1. The number of carbonyl (C=O) groups excluding carboxylic acids is 2. The Morgan fingerprint density at radius 3 is 1.83 bits per heavy atom. The van der Waals surface area contributed by atoms with Gasteiger partial charge in [0.1, 0.15) is 0 Å². The lowest BCUT2D eigenvalue weighted by atomic mass is 10.1. The third kappa shape index (κ3) is 8.35. The van der Waals surface area contributed by atoms with Crippen LogP contribution in [-0.4, -0.2) is 29.2 Å². The Morgan fingerprint density at radius 1 is 0.771 bits per heavy atom. The van der Waals surface area contributed by atoms with Crippen molar-refractivity contribution in [2.45, 2.75) is 71.1 Å². The first-order valence-electron chi connectivity index (χ1n) is 12.5. The molecule has 0 saturated heterocycles. The number of carbonyl (C=O) groups is 2. The van der Waals surface area contributed by atoms with Crippen molar-refractivity contribution in [3.05, 3.63) is 54.1 Å². The van der Waals surface area contributed by atoms with Gasteiger partial charge in [-0.15, -0.1) is 10.2 Å².